The summed E-state index contributed by atoms with van der Waals surface area (Å²) in [5.41, 5.74) is 8.38. The summed E-state index contributed by atoms with van der Waals surface area (Å²) in [6.07, 6.45) is 0.839. The van der Waals surface area contributed by atoms with E-state index in [2.05, 4.69) is 16.2 Å². The quantitative estimate of drug-likeness (QED) is 0.508. The molecule has 0 aliphatic carbocycles. The predicted molar refractivity (Wildman–Crippen MR) is 115 cm³/mol. The third-order valence-electron chi connectivity index (χ3n) is 4.14. The number of thiocarbonyl (C=S) groups is 1. The summed E-state index contributed by atoms with van der Waals surface area (Å²) in [6, 6.07) is 11.8. The van der Waals surface area contributed by atoms with Crippen molar-refractivity contribution in [3.63, 3.8) is 0 Å². The zero-order valence-corrected chi connectivity index (χ0v) is 17.9. The van der Waals surface area contributed by atoms with Crippen molar-refractivity contribution in [1.29, 1.82) is 0 Å². The van der Waals surface area contributed by atoms with Gasteiger partial charge in [0.2, 0.25) is 10.0 Å². The number of nitrogens with zero attached hydrogens (tertiary/aromatic N) is 1. The molecule has 1 amide bonds. The van der Waals surface area contributed by atoms with Crippen molar-refractivity contribution < 1.29 is 13.2 Å². The number of carbonyl (C=O) groups is 1. The first kappa shape index (κ1) is 21.8. The molecule has 150 valence electrons. The Morgan fingerprint density at radius 2 is 1.79 bits per heavy atom. The number of hydrogen-bond donors (Lipinski definition) is 3. The Hall–Kier alpha value is -2.49. The highest BCUT2D eigenvalue weighted by Gasteiger charge is 2.18. The Labute approximate surface area is 171 Å². The monoisotopic (exact) mass is 420 g/mol. The Bertz CT molecular complexity index is 988. The number of sulfonamides is 1. The number of hydrazine groups is 1. The second kappa shape index (κ2) is 9.13. The average Bonchev–Trinajstić information content (AvgIpc) is 2.67. The van der Waals surface area contributed by atoms with E-state index < -0.39 is 15.9 Å². The molecule has 0 aromatic heterocycles. The lowest BCUT2D eigenvalue weighted by Gasteiger charge is -2.16. The second-order valence-corrected chi connectivity index (χ2v) is 8.87. The van der Waals surface area contributed by atoms with Gasteiger partial charge in [-0.15, -0.1) is 0 Å². The highest BCUT2D eigenvalue weighted by Crippen LogP contribution is 2.20. The van der Waals surface area contributed by atoms with Gasteiger partial charge in [-0.1, -0.05) is 31.2 Å². The largest absolute Gasteiger partial charge is 0.331 e. The van der Waals surface area contributed by atoms with Crippen molar-refractivity contribution in [3.8, 4) is 0 Å². The molecule has 28 heavy (non-hydrogen) atoms. The molecule has 0 aliphatic heterocycles. The molecular formula is C19H24N4O3S2. The number of hydrogen-bond acceptors (Lipinski definition) is 4. The van der Waals surface area contributed by atoms with E-state index in [1.165, 1.54) is 38.4 Å². The van der Waals surface area contributed by atoms with Crippen LogP contribution < -0.4 is 16.2 Å². The standard InChI is InChI=1S/C19H24N4O3S2/c1-5-14-9-6-8-13(2)17(14)20-19(27)22-21-18(24)15-10-7-11-16(12-15)28(25,26)23(3)4/h6-12H,5H2,1-4H3,(H,21,24)(H2,20,22,27). The van der Waals surface area contributed by atoms with Crippen molar-refractivity contribution in [1.82, 2.24) is 15.2 Å². The van der Waals surface area contributed by atoms with Gasteiger partial charge in [-0.05, 0) is 54.9 Å². The fourth-order valence-corrected chi connectivity index (χ4v) is 3.64. The van der Waals surface area contributed by atoms with Gasteiger partial charge in [0.1, 0.15) is 0 Å². The zero-order valence-electron chi connectivity index (χ0n) is 16.2. The van der Waals surface area contributed by atoms with Gasteiger partial charge in [0, 0.05) is 25.3 Å². The molecule has 2 aromatic rings. The van der Waals surface area contributed by atoms with Crippen LogP contribution in [0.15, 0.2) is 47.4 Å². The molecule has 0 heterocycles. The number of aryl methyl sites for hydroxylation is 2. The number of carbonyl (C=O) groups excluding carboxylic acids is 1. The van der Waals surface area contributed by atoms with Crippen molar-refractivity contribution in [2.75, 3.05) is 19.4 Å². The van der Waals surface area contributed by atoms with Gasteiger partial charge in [-0.3, -0.25) is 15.6 Å². The molecule has 0 fully saturated rings. The summed E-state index contributed by atoms with van der Waals surface area (Å²) in [4.78, 5) is 12.4. The maximum atomic E-state index is 12.4. The van der Waals surface area contributed by atoms with E-state index in [-0.39, 0.29) is 15.6 Å². The molecule has 2 rings (SSSR count). The molecule has 9 heteroatoms. The summed E-state index contributed by atoms with van der Waals surface area (Å²) >= 11 is 5.25. The summed E-state index contributed by atoms with van der Waals surface area (Å²) in [5.74, 6) is -0.500. The molecule has 0 atom stereocenters. The third kappa shape index (κ3) is 5.06. The predicted octanol–water partition coefficient (Wildman–Crippen LogP) is 2.44. The van der Waals surface area contributed by atoms with Crippen LogP contribution in [-0.2, 0) is 16.4 Å². The first-order valence-corrected chi connectivity index (χ1v) is 10.5. The average molecular weight is 421 g/mol. The maximum absolute atomic E-state index is 12.4. The van der Waals surface area contributed by atoms with Crippen molar-refractivity contribution in [2.24, 2.45) is 0 Å². The van der Waals surface area contributed by atoms with E-state index in [4.69, 9.17) is 12.2 Å². The number of benzene rings is 2. The fourth-order valence-electron chi connectivity index (χ4n) is 2.54. The van der Waals surface area contributed by atoms with Gasteiger partial charge < -0.3 is 5.32 Å². The minimum atomic E-state index is -3.62. The molecule has 0 radical (unpaired) electrons. The van der Waals surface area contributed by atoms with Gasteiger partial charge >= 0.3 is 0 Å². The van der Waals surface area contributed by atoms with Crippen LogP contribution in [0.4, 0.5) is 5.69 Å². The molecule has 0 bridgehead atoms. The molecule has 3 N–H and O–H groups in total. The smallest absolute Gasteiger partial charge is 0.269 e. The fraction of sp³-hybridized carbons (Fsp3) is 0.263. The Balaban J connectivity index is 2.06. The lowest BCUT2D eigenvalue weighted by atomic mass is 10.1. The van der Waals surface area contributed by atoms with Gasteiger partial charge in [0.15, 0.2) is 5.11 Å². The number of anilines is 1. The highest BCUT2D eigenvalue weighted by molar-refractivity contribution is 7.89. The van der Waals surface area contributed by atoms with Crippen LogP contribution in [0.1, 0.15) is 28.4 Å². The summed E-state index contributed by atoms with van der Waals surface area (Å²) in [5, 5.41) is 3.32. The number of rotatable bonds is 5. The summed E-state index contributed by atoms with van der Waals surface area (Å²) in [7, 11) is -0.754. The minimum Gasteiger partial charge on any atom is -0.331 e. The third-order valence-corrected chi connectivity index (χ3v) is 6.16. The van der Waals surface area contributed by atoms with Crippen LogP contribution >= 0.6 is 12.2 Å². The van der Waals surface area contributed by atoms with E-state index in [9.17, 15) is 13.2 Å². The van der Waals surface area contributed by atoms with Crippen LogP contribution in [0, 0.1) is 6.92 Å². The van der Waals surface area contributed by atoms with Crippen molar-refractivity contribution in [3.05, 3.63) is 59.2 Å². The van der Waals surface area contributed by atoms with Gasteiger partial charge in [0.25, 0.3) is 5.91 Å². The first-order valence-electron chi connectivity index (χ1n) is 8.65. The summed E-state index contributed by atoms with van der Waals surface area (Å²) in [6.45, 7) is 4.02. The molecule has 0 saturated heterocycles. The van der Waals surface area contributed by atoms with E-state index >= 15 is 0 Å². The van der Waals surface area contributed by atoms with E-state index in [1.807, 2.05) is 32.0 Å². The summed E-state index contributed by atoms with van der Waals surface area (Å²) < 4.78 is 25.5. The van der Waals surface area contributed by atoms with Gasteiger partial charge in [-0.2, -0.15) is 0 Å². The number of para-hydroxylation sites is 1. The molecule has 0 spiro atoms. The molecule has 0 aliphatic rings. The minimum absolute atomic E-state index is 0.0401. The molecule has 7 nitrogen and oxygen atoms in total. The zero-order chi connectivity index (χ0) is 20.9. The molecule has 2 aromatic carbocycles. The number of amides is 1. The first-order chi connectivity index (χ1) is 13.2. The lowest BCUT2D eigenvalue weighted by Crippen LogP contribution is -2.44. The van der Waals surface area contributed by atoms with E-state index in [0.29, 0.717) is 0 Å². The van der Waals surface area contributed by atoms with Crippen molar-refractivity contribution in [2.45, 2.75) is 25.2 Å². The second-order valence-electron chi connectivity index (χ2n) is 6.31. The molecule has 0 unspecified atom stereocenters. The lowest BCUT2D eigenvalue weighted by molar-refractivity contribution is 0.0944. The van der Waals surface area contributed by atoms with Gasteiger partial charge in [0.05, 0.1) is 4.90 Å². The van der Waals surface area contributed by atoms with Gasteiger partial charge in [-0.25, -0.2) is 12.7 Å². The Morgan fingerprint density at radius 1 is 1.11 bits per heavy atom. The van der Waals surface area contributed by atoms with Crippen LogP contribution in [0.5, 0.6) is 0 Å². The van der Waals surface area contributed by atoms with Crippen LogP contribution in [0.3, 0.4) is 0 Å². The van der Waals surface area contributed by atoms with E-state index in [0.717, 1.165) is 27.5 Å². The highest BCUT2D eigenvalue weighted by atomic mass is 32.2. The Morgan fingerprint density at radius 3 is 2.43 bits per heavy atom. The topological polar surface area (TPSA) is 90.5 Å². The molecule has 0 saturated carbocycles. The van der Waals surface area contributed by atoms with E-state index in [1.54, 1.807) is 0 Å². The van der Waals surface area contributed by atoms with Crippen LogP contribution in [0.25, 0.3) is 0 Å². The van der Waals surface area contributed by atoms with Crippen molar-refractivity contribution >= 4 is 38.9 Å². The molecular weight excluding hydrogens is 396 g/mol. The maximum Gasteiger partial charge on any atom is 0.269 e. The normalized spacial score (nSPS) is 11.2. The number of nitrogens with one attached hydrogen (secondary N) is 3. The Kier molecular flexibility index (Phi) is 7.11. The van der Waals surface area contributed by atoms with Crippen LogP contribution in [-0.4, -0.2) is 37.8 Å². The SMILES string of the molecule is CCc1cccc(C)c1NC(=S)NNC(=O)c1cccc(S(=O)(=O)N(C)C)c1. The van der Waals surface area contributed by atoms with Crippen LogP contribution in [0.2, 0.25) is 0 Å².